The number of ether oxygens (including phenoxy) is 1. The van der Waals surface area contributed by atoms with Crippen LogP contribution in [0.3, 0.4) is 0 Å². The van der Waals surface area contributed by atoms with Crippen molar-refractivity contribution >= 4 is 27.7 Å². The van der Waals surface area contributed by atoms with E-state index in [-0.39, 0.29) is 11.1 Å². The Morgan fingerprint density at radius 1 is 1.67 bits per heavy atom. The van der Waals surface area contributed by atoms with Gasteiger partial charge in [0.25, 0.3) is 12.1 Å². The maximum Gasteiger partial charge on any atom is 0.383 e. The summed E-state index contributed by atoms with van der Waals surface area (Å²) >= 11 is 2.75. The van der Waals surface area contributed by atoms with Crippen molar-refractivity contribution in [3.8, 4) is 0 Å². The summed E-state index contributed by atoms with van der Waals surface area (Å²) in [7, 11) is 0. The third kappa shape index (κ3) is 2.97. The fourth-order valence-electron chi connectivity index (χ4n) is 1.15. The first-order chi connectivity index (χ1) is 8.38. The van der Waals surface area contributed by atoms with Gasteiger partial charge in [0.2, 0.25) is 0 Å². The van der Waals surface area contributed by atoms with Gasteiger partial charge in [-0.05, 0) is 38.8 Å². The van der Waals surface area contributed by atoms with Crippen LogP contribution in [0, 0.1) is 10.1 Å². The average Bonchev–Trinajstić information content (AvgIpc) is 2.28. The number of pyridine rings is 1. The monoisotopic (exact) mass is 324 g/mol. The van der Waals surface area contributed by atoms with Crippen molar-refractivity contribution in [2.45, 2.75) is 13.3 Å². The molecule has 98 valence electrons. The predicted octanol–water partition coefficient (Wildman–Crippen LogP) is 2.87. The Labute approximate surface area is 108 Å². The number of aromatic nitrogens is 1. The van der Waals surface area contributed by atoms with Gasteiger partial charge in [0, 0.05) is 0 Å². The average molecular weight is 325 g/mol. The molecule has 0 aliphatic heterocycles. The summed E-state index contributed by atoms with van der Waals surface area (Å²) in [6.07, 6.45) is -2.99. The van der Waals surface area contributed by atoms with Crippen molar-refractivity contribution in [3.05, 3.63) is 31.9 Å². The van der Waals surface area contributed by atoms with Crippen LogP contribution in [0.25, 0.3) is 0 Å². The van der Waals surface area contributed by atoms with E-state index in [0.29, 0.717) is 0 Å². The fourth-order valence-corrected chi connectivity index (χ4v) is 1.63. The number of carbonyl (C=O) groups is 1. The lowest BCUT2D eigenvalue weighted by molar-refractivity contribution is -0.390. The summed E-state index contributed by atoms with van der Waals surface area (Å²) in [6, 6.07) is 0.794. The van der Waals surface area contributed by atoms with Gasteiger partial charge in [-0.1, -0.05) is 0 Å². The van der Waals surface area contributed by atoms with E-state index >= 15 is 0 Å². The fraction of sp³-hybridized carbons (Fsp3) is 0.333. The third-order valence-corrected chi connectivity index (χ3v) is 2.45. The van der Waals surface area contributed by atoms with Crippen LogP contribution in [0.2, 0.25) is 0 Å². The number of halogens is 3. The topological polar surface area (TPSA) is 82.3 Å². The van der Waals surface area contributed by atoms with Gasteiger partial charge in [-0.2, -0.15) is 0 Å². The van der Waals surface area contributed by atoms with E-state index < -0.39 is 34.4 Å². The van der Waals surface area contributed by atoms with Crippen LogP contribution in [0.5, 0.6) is 0 Å². The molecule has 1 aromatic heterocycles. The zero-order chi connectivity index (χ0) is 13.9. The normalized spacial score (nSPS) is 10.5. The van der Waals surface area contributed by atoms with Crippen molar-refractivity contribution in [1.82, 2.24) is 4.98 Å². The first kappa shape index (κ1) is 14.4. The van der Waals surface area contributed by atoms with Crippen molar-refractivity contribution < 1.29 is 23.2 Å². The first-order valence-electron chi connectivity index (χ1n) is 4.68. The van der Waals surface area contributed by atoms with Gasteiger partial charge in [0.1, 0.15) is 4.47 Å². The highest BCUT2D eigenvalue weighted by Crippen LogP contribution is 2.30. The molecule has 1 aromatic rings. The van der Waals surface area contributed by atoms with Crippen LogP contribution in [0.15, 0.2) is 10.5 Å². The molecule has 0 N–H and O–H groups in total. The second-order valence-electron chi connectivity index (χ2n) is 3.01. The molecule has 1 rings (SSSR count). The molecule has 0 radical (unpaired) electrons. The molecule has 0 bridgehead atoms. The van der Waals surface area contributed by atoms with Crippen LogP contribution in [-0.4, -0.2) is 22.5 Å². The lowest BCUT2D eigenvalue weighted by Crippen LogP contribution is -2.12. The van der Waals surface area contributed by atoms with E-state index in [0.717, 1.165) is 6.07 Å². The van der Waals surface area contributed by atoms with E-state index in [1.165, 1.54) is 6.92 Å². The predicted molar refractivity (Wildman–Crippen MR) is 59.5 cm³/mol. The van der Waals surface area contributed by atoms with Crippen molar-refractivity contribution in [2.24, 2.45) is 0 Å². The molecule has 0 aliphatic rings. The molecule has 0 spiro atoms. The molecule has 0 aromatic carbocycles. The quantitative estimate of drug-likeness (QED) is 0.483. The van der Waals surface area contributed by atoms with E-state index in [9.17, 15) is 23.7 Å². The lowest BCUT2D eigenvalue weighted by Gasteiger charge is -2.05. The highest BCUT2D eigenvalue weighted by atomic mass is 79.9. The highest BCUT2D eigenvalue weighted by molar-refractivity contribution is 9.10. The SMILES string of the molecule is CCOC(=O)c1nc([N+](=O)[O-])c(Br)cc1C(F)F. The molecule has 6 nitrogen and oxygen atoms in total. The molecule has 0 atom stereocenters. The first-order valence-corrected chi connectivity index (χ1v) is 5.47. The van der Waals surface area contributed by atoms with Gasteiger partial charge in [-0.25, -0.2) is 13.6 Å². The van der Waals surface area contributed by atoms with E-state index in [4.69, 9.17) is 0 Å². The van der Waals surface area contributed by atoms with Gasteiger partial charge in [-0.15, -0.1) is 0 Å². The highest BCUT2D eigenvalue weighted by Gasteiger charge is 2.30. The molecular weight excluding hydrogens is 318 g/mol. The van der Waals surface area contributed by atoms with E-state index in [1.54, 1.807) is 0 Å². The lowest BCUT2D eigenvalue weighted by atomic mass is 10.2. The number of esters is 1. The number of nitro groups is 1. The maximum atomic E-state index is 12.7. The second kappa shape index (κ2) is 5.80. The number of nitrogens with zero attached hydrogens (tertiary/aromatic N) is 2. The summed E-state index contributed by atoms with van der Waals surface area (Å²) < 4.78 is 29.7. The van der Waals surface area contributed by atoms with Crippen LogP contribution >= 0.6 is 15.9 Å². The zero-order valence-corrected chi connectivity index (χ0v) is 10.6. The Bertz CT molecular complexity index is 496. The van der Waals surface area contributed by atoms with Gasteiger partial charge >= 0.3 is 11.8 Å². The van der Waals surface area contributed by atoms with Crippen LogP contribution < -0.4 is 0 Å². The Hall–Kier alpha value is -1.64. The molecule has 9 heteroatoms. The zero-order valence-electron chi connectivity index (χ0n) is 9.02. The standard InChI is InChI=1S/C9H7BrF2N2O4/c1-2-18-9(15)6-4(7(11)12)3-5(10)8(13-6)14(16)17/h3,7H,2H2,1H3. The summed E-state index contributed by atoms with van der Waals surface area (Å²) in [5, 5.41) is 10.6. The second-order valence-corrected chi connectivity index (χ2v) is 3.86. The minimum atomic E-state index is -2.99. The van der Waals surface area contributed by atoms with Crippen LogP contribution in [-0.2, 0) is 4.74 Å². The molecule has 0 fully saturated rings. The Morgan fingerprint density at radius 3 is 2.72 bits per heavy atom. The molecule has 0 aliphatic carbocycles. The van der Waals surface area contributed by atoms with Crippen molar-refractivity contribution in [1.29, 1.82) is 0 Å². The van der Waals surface area contributed by atoms with Crippen LogP contribution in [0.1, 0.15) is 29.4 Å². The Balaban J connectivity index is 3.40. The number of alkyl halides is 2. The van der Waals surface area contributed by atoms with Crippen LogP contribution in [0.4, 0.5) is 14.6 Å². The molecule has 0 saturated heterocycles. The largest absolute Gasteiger partial charge is 0.460 e. The minimum absolute atomic E-state index is 0.0486. The molecular formula is C9H7BrF2N2O4. The molecule has 0 amide bonds. The van der Waals surface area contributed by atoms with Gasteiger partial charge in [0.05, 0.1) is 12.2 Å². The minimum Gasteiger partial charge on any atom is -0.460 e. The third-order valence-electron chi connectivity index (χ3n) is 1.86. The maximum absolute atomic E-state index is 12.7. The summed E-state index contributed by atoms with van der Waals surface area (Å²) in [6.45, 7) is 1.43. The van der Waals surface area contributed by atoms with Crippen molar-refractivity contribution in [3.63, 3.8) is 0 Å². The Kier molecular flexibility index (Phi) is 4.65. The molecule has 0 unspecified atom stereocenters. The molecule has 0 saturated carbocycles. The molecule has 1 heterocycles. The summed E-state index contributed by atoms with van der Waals surface area (Å²) in [4.78, 5) is 24.4. The summed E-state index contributed by atoms with van der Waals surface area (Å²) in [5.41, 5.74) is -1.47. The number of carbonyl (C=O) groups excluding carboxylic acids is 1. The summed E-state index contributed by atoms with van der Waals surface area (Å²) in [5.74, 6) is -1.84. The van der Waals surface area contributed by atoms with E-state index in [1.807, 2.05) is 0 Å². The van der Waals surface area contributed by atoms with Gasteiger partial charge in [0.15, 0.2) is 0 Å². The van der Waals surface area contributed by atoms with Gasteiger partial charge in [-0.3, -0.25) is 0 Å². The van der Waals surface area contributed by atoms with E-state index in [2.05, 4.69) is 25.7 Å². The van der Waals surface area contributed by atoms with Crippen molar-refractivity contribution in [2.75, 3.05) is 6.61 Å². The number of hydrogen-bond acceptors (Lipinski definition) is 5. The smallest absolute Gasteiger partial charge is 0.383 e. The van der Waals surface area contributed by atoms with Gasteiger partial charge < -0.3 is 14.9 Å². The number of hydrogen-bond donors (Lipinski definition) is 0. The Morgan fingerprint density at radius 2 is 2.28 bits per heavy atom. The molecule has 18 heavy (non-hydrogen) atoms. The number of rotatable bonds is 4.